The lowest BCUT2D eigenvalue weighted by Gasteiger charge is -2.15. The second-order valence-electron chi connectivity index (χ2n) is 12.1. The van der Waals surface area contributed by atoms with E-state index in [0.717, 1.165) is 66.8 Å². The number of imidazole rings is 1. The zero-order valence-electron chi connectivity index (χ0n) is 25.1. The number of aromatic nitrogens is 6. The summed E-state index contributed by atoms with van der Waals surface area (Å²) < 4.78 is 20.7. The number of ether oxygens (including phenoxy) is 1. The number of hydrogen-bond acceptors (Lipinski definition) is 7. The van der Waals surface area contributed by atoms with E-state index in [1.165, 1.54) is 43.4 Å². The molecule has 9 nitrogen and oxygen atoms in total. The zero-order valence-corrected chi connectivity index (χ0v) is 25.1. The molecule has 2 aliphatic heterocycles. The Kier molecular flexibility index (Phi) is 7.44. The van der Waals surface area contributed by atoms with Crippen LogP contribution in [0.25, 0.3) is 55.8 Å². The Morgan fingerprint density at radius 3 is 2.51 bits per heavy atom. The van der Waals surface area contributed by atoms with Crippen LogP contribution in [-0.4, -0.2) is 79.3 Å². The number of H-pyrrole nitrogens is 2. The van der Waals surface area contributed by atoms with Gasteiger partial charge in [-0.25, -0.2) is 9.37 Å². The van der Waals surface area contributed by atoms with Crippen molar-refractivity contribution < 1.29 is 9.13 Å². The van der Waals surface area contributed by atoms with Crippen LogP contribution in [0.2, 0.25) is 0 Å². The van der Waals surface area contributed by atoms with Crippen molar-refractivity contribution in [2.75, 3.05) is 39.3 Å². The van der Waals surface area contributed by atoms with E-state index in [0.29, 0.717) is 40.6 Å². The molecule has 0 aliphatic carbocycles. The monoisotopic (exact) mass is 602 g/mol. The number of pyridine rings is 2. The summed E-state index contributed by atoms with van der Waals surface area (Å²) >= 11 is 0. The third-order valence-electron chi connectivity index (χ3n) is 8.94. The number of halogens is 1. The predicted octanol–water partition coefficient (Wildman–Crippen LogP) is 6.44. The van der Waals surface area contributed by atoms with E-state index >= 15 is 0 Å². The van der Waals surface area contributed by atoms with Gasteiger partial charge in [-0.1, -0.05) is 6.07 Å². The lowest BCUT2D eigenvalue weighted by molar-refractivity contribution is 0.237. The number of nitrogens with one attached hydrogen (secondary N) is 2. The van der Waals surface area contributed by atoms with Crippen LogP contribution in [0.15, 0.2) is 67.1 Å². The molecule has 2 N–H and O–H groups in total. The van der Waals surface area contributed by atoms with Crippen LogP contribution in [0, 0.1) is 5.82 Å². The molecule has 10 heteroatoms. The van der Waals surface area contributed by atoms with Crippen LogP contribution in [0.5, 0.6) is 5.75 Å². The molecule has 2 saturated heterocycles. The number of aromatic amines is 2. The van der Waals surface area contributed by atoms with Crippen molar-refractivity contribution in [3.8, 4) is 39.7 Å². The Morgan fingerprint density at radius 1 is 0.800 bits per heavy atom. The first-order valence-electron chi connectivity index (χ1n) is 15.8. The molecule has 4 aromatic heterocycles. The van der Waals surface area contributed by atoms with E-state index < -0.39 is 0 Å². The quantitative estimate of drug-likeness (QED) is 0.197. The molecule has 8 rings (SSSR count). The van der Waals surface area contributed by atoms with Crippen LogP contribution < -0.4 is 4.74 Å². The summed E-state index contributed by atoms with van der Waals surface area (Å²) in [7, 11) is 0. The van der Waals surface area contributed by atoms with Crippen LogP contribution in [0.1, 0.15) is 31.2 Å². The smallest absolute Gasteiger partial charge is 0.159 e. The number of hydrogen-bond donors (Lipinski definition) is 2. The summed E-state index contributed by atoms with van der Waals surface area (Å²) in [6, 6.07) is 15.1. The summed E-state index contributed by atoms with van der Waals surface area (Å²) in [6.45, 7) is 6.77. The molecule has 2 aromatic carbocycles. The second kappa shape index (κ2) is 12.0. The third-order valence-corrected chi connectivity index (χ3v) is 8.94. The fourth-order valence-corrected chi connectivity index (χ4v) is 6.65. The highest BCUT2D eigenvalue weighted by Crippen LogP contribution is 2.34. The van der Waals surface area contributed by atoms with Crippen LogP contribution in [0.3, 0.4) is 0 Å². The molecule has 228 valence electrons. The molecule has 2 fully saturated rings. The predicted molar refractivity (Wildman–Crippen MR) is 173 cm³/mol. The molecule has 45 heavy (non-hydrogen) atoms. The Bertz CT molecular complexity index is 1970. The summed E-state index contributed by atoms with van der Waals surface area (Å²) in [4.78, 5) is 22.4. The highest BCUT2D eigenvalue weighted by Gasteiger charge is 2.18. The van der Waals surface area contributed by atoms with Crippen molar-refractivity contribution in [2.45, 2.75) is 32.2 Å². The van der Waals surface area contributed by atoms with Crippen LogP contribution in [-0.2, 0) is 6.54 Å². The number of nitrogens with zero attached hydrogens (tertiary/aromatic N) is 6. The van der Waals surface area contributed by atoms with Gasteiger partial charge in [0.15, 0.2) is 5.82 Å². The normalized spacial score (nSPS) is 15.9. The maximum atomic E-state index is 14.8. The van der Waals surface area contributed by atoms with Gasteiger partial charge in [0.2, 0.25) is 0 Å². The topological polar surface area (TPSA) is 98.8 Å². The van der Waals surface area contributed by atoms with Gasteiger partial charge in [-0.05, 0) is 99.4 Å². The van der Waals surface area contributed by atoms with E-state index in [4.69, 9.17) is 9.72 Å². The molecule has 0 radical (unpaired) electrons. The first kappa shape index (κ1) is 27.8. The average molecular weight is 603 g/mol. The molecule has 0 atom stereocenters. The molecule has 2 aliphatic rings. The minimum atomic E-state index is -0.372. The van der Waals surface area contributed by atoms with Crippen molar-refractivity contribution in [3.05, 3.63) is 78.5 Å². The number of rotatable bonds is 9. The van der Waals surface area contributed by atoms with Crippen LogP contribution >= 0.6 is 0 Å². The first-order valence-corrected chi connectivity index (χ1v) is 15.8. The van der Waals surface area contributed by atoms with E-state index in [9.17, 15) is 4.39 Å². The third kappa shape index (κ3) is 5.79. The standard InChI is InChI=1S/C35H35FN8O/c36-27-16-25(17-28(19-27)45-14-13-43-9-1-2-10-43)32-34-31(7-8-38-32)39-35(40-34)33-29-18-24(5-6-30(29)41-42-33)26-15-23(20-37-21-26)22-44-11-3-4-12-44/h5-8,15-21H,1-4,9-14,22H2,(H,39,40)(H,41,42). The van der Waals surface area contributed by atoms with Gasteiger partial charge in [-0.15, -0.1) is 0 Å². The van der Waals surface area contributed by atoms with Crippen molar-refractivity contribution in [1.82, 2.24) is 39.9 Å². The summed E-state index contributed by atoms with van der Waals surface area (Å²) in [5.41, 5.74) is 7.62. The van der Waals surface area contributed by atoms with E-state index in [2.05, 4.69) is 53.1 Å². The van der Waals surface area contributed by atoms with E-state index in [-0.39, 0.29) is 5.82 Å². The Labute approximate surface area is 260 Å². The van der Waals surface area contributed by atoms with E-state index in [1.54, 1.807) is 6.20 Å². The van der Waals surface area contributed by atoms with E-state index in [1.807, 2.05) is 30.6 Å². The molecule has 0 unspecified atom stereocenters. The molecule has 0 amide bonds. The molecule has 0 bridgehead atoms. The van der Waals surface area contributed by atoms with Gasteiger partial charge in [0, 0.05) is 54.3 Å². The van der Waals surface area contributed by atoms with Crippen LogP contribution in [0.4, 0.5) is 4.39 Å². The van der Waals surface area contributed by atoms with Gasteiger partial charge in [-0.3, -0.25) is 24.9 Å². The highest BCUT2D eigenvalue weighted by molar-refractivity contribution is 5.97. The lowest BCUT2D eigenvalue weighted by atomic mass is 10.0. The number of likely N-dealkylation sites (tertiary alicyclic amines) is 2. The Morgan fingerprint density at radius 2 is 1.64 bits per heavy atom. The molecular weight excluding hydrogens is 567 g/mol. The molecule has 0 spiro atoms. The lowest BCUT2D eigenvalue weighted by Crippen LogP contribution is -2.25. The van der Waals surface area contributed by atoms with Crippen molar-refractivity contribution in [1.29, 1.82) is 0 Å². The SMILES string of the molecule is Fc1cc(OCCN2CCCC2)cc(-c2nccc3[nH]c(-c4n[nH]c5ccc(-c6cncc(CN7CCCC7)c6)cc45)nc23)c1. The summed E-state index contributed by atoms with van der Waals surface area (Å²) in [6.07, 6.45) is 10.6. The van der Waals surface area contributed by atoms with Crippen molar-refractivity contribution in [3.63, 3.8) is 0 Å². The van der Waals surface area contributed by atoms with Gasteiger partial charge in [0.1, 0.15) is 29.4 Å². The maximum absolute atomic E-state index is 14.8. The molecule has 0 saturated carbocycles. The molecule has 6 heterocycles. The van der Waals surface area contributed by atoms with Gasteiger partial charge in [0.05, 0.1) is 16.7 Å². The van der Waals surface area contributed by atoms with Gasteiger partial charge < -0.3 is 9.72 Å². The highest BCUT2D eigenvalue weighted by atomic mass is 19.1. The minimum absolute atomic E-state index is 0.372. The fourth-order valence-electron chi connectivity index (χ4n) is 6.65. The molecule has 6 aromatic rings. The Balaban J connectivity index is 1.09. The minimum Gasteiger partial charge on any atom is -0.492 e. The first-order chi connectivity index (χ1) is 22.2. The van der Waals surface area contributed by atoms with Gasteiger partial charge >= 0.3 is 0 Å². The average Bonchev–Trinajstić information content (AvgIpc) is 3.88. The van der Waals surface area contributed by atoms with Crippen molar-refractivity contribution >= 4 is 21.9 Å². The van der Waals surface area contributed by atoms with Gasteiger partial charge in [0.25, 0.3) is 0 Å². The van der Waals surface area contributed by atoms with Crippen molar-refractivity contribution in [2.24, 2.45) is 0 Å². The largest absolute Gasteiger partial charge is 0.492 e. The number of fused-ring (bicyclic) bond motifs is 2. The summed E-state index contributed by atoms with van der Waals surface area (Å²) in [5, 5.41) is 8.74. The van der Waals surface area contributed by atoms with Gasteiger partial charge in [-0.2, -0.15) is 5.10 Å². The fraction of sp³-hybridized carbons (Fsp3) is 0.314. The number of benzene rings is 2. The maximum Gasteiger partial charge on any atom is 0.159 e. The molecular formula is C35H35FN8O. The zero-order chi connectivity index (χ0) is 30.2. The summed E-state index contributed by atoms with van der Waals surface area (Å²) in [5.74, 6) is 0.730. The Hall–Kier alpha value is -4.67. The second-order valence-corrected chi connectivity index (χ2v) is 12.1.